The number of carbonyl (C=O) groups excluding carboxylic acids is 2. The zero-order valence-electron chi connectivity index (χ0n) is 12.3. The van der Waals surface area contributed by atoms with Crippen molar-refractivity contribution in [2.24, 2.45) is 0 Å². The molecular weight excluding hydrogens is 290 g/mol. The van der Waals surface area contributed by atoms with Gasteiger partial charge in [0.2, 0.25) is 0 Å². The van der Waals surface area contributed by atoms with Crippen molar-refractivity contribution < 1.29 is 14.3 Å². The maximum absolute atomic E-state index is 12.0. The number of fused-ring (bicyclic) bond motifs is 1. The first-order valence-electron chi connectivity index (χ1n) is 6.40. The Kier molecular flexibility index (Phi) is 4.13. The molecule has 0 saturated carbocycles. The van der Waals surface area contributed by atoms with Gasteiger partial charge in [-0.05, 0) is 26.8 Å². The second-order valence-corrected chi connectivity index (χ2v) is 6.44. The lowest BCUT2D eigenvalue weighted by molar-refractivity contribution is 0.0636. The Balaban J connectivity index is 2.41. The van der Waals surface area contributed by atoms with Gasteiger partial charge in [-0.25, -0.2) is 4.79 Å². The molecule has 0 unspecified atom stereocenters. The number of thiophene rings is 1. The molecule has 0 aromatic carbocycles. The average Bonchev–Trinajstić information content (AvgIpc) is 2.75. The fraction of sp³-hybridized carbons (Fsp3) is 0.357. The van der Waals surface area contributed by atoms with E-state index >= 15 is 0 Å². The minimum atomic E-state index is -0.607. The predicted molar refractivity (Wildman–Crippen MR) is 82.9 cm³/mol. The number of amides is 2. The number of anilines is 1. The third-order valence-corrected chi connectivity index (χ3v) is 3.69. The Bertz CT molecular complexity index is 688. The smallest absolute Gasteiger partial charge is 0.412 e. The van der Waals surface area contributed by atoms with Crippen molar-refractivity contribution >= 4 is 39.1 Å². The van der Waals surface area contributed by atoms with Crippen molar-refractivity contribution in [2.45, 2.75) is 26.4 Å². The standard InChI is InChI=1S/C14H17N3O3S/c1-14(2,3)20-13(19)17-10-8-5-6-16-7-9(8)21-11(10)12(18)15-4/h5-7H,1-4H3,(H,15,18)(H,17,19). The highest BCUT2D eigenvalue weighted by molar-refractivity contribution is 7.21. The summed E-state index contributed by atoms with van der Waals surface area (Å²) in [6.45, 7) is 5.34. The van der Waals surface area contributed by atoms with Gasteiger partial charge in [0, 0.05) is 24.8 Å². The molecule has 0 aliphatic rings. The van der Waals surface area contributed by atoms with Crippen LogP contribution in [0.15, 0.2) is 18.5 Å². The number of nitrogens with zero attached hydrogens (tertiary/aromatic N) is 1. The van der Waals surface area contributed by atoms with Crippen LogP contribution < -0.4 is 10.6 Å². The highest BCUT2D eigenvalue weighted by Crippen LogP contribution is 2.35. The predicted octanol–water partition coefficient (Wildman–Crippen LogP) is 3.00. The minimum absolute atomic E-state index is 0.262. The van der Waals surface area contributed by atoms with E-state index in [1.54, 1.807) is 46.3 Å². The summed E-state index contributed by atoms with van der Waals surface area (Å²) in [4.78, 5) is 28.4. The molecule has 2 aromatic heterocycles. The Morgan fingerprint density at radius 3 is 2.67 bits per heavy atom. The fourth-order valence-corrected chi connectivity index (χ4v) is 2.83. The molecule has 2 amide bonds. The van der Waals surface area contributed by atoms with Gasteiger partial charge in [-0.1, -0.05) is 0 Å². The van der Waals surface area contributed by atoms with E-state index in [4.69, 9.17) is 4.74 Å². The first-order chi connectivity index (χ1) is 9.81. The monoisotopic (exact) mass is 307 g/mol. The zero-order chi connectivity index (χ0) is 15.6. The van der Waals surface area contributed by atoms with E-state index in [0.29, 0.717) is 10.6 Å². The number of aromatic nitrogens is 1. The second-order valence-electron chi connectivity index (χ2n) is 5.38. The molecular formula is C14H17N3O3S. The van der Waals surface area contributed by atoms with Gasteiger partial charge in [-0.3, -0.25) is 15.1 Å². The highest BCUT2D eigenvalue weighted by atomic mass is 32.1. The average molecular weight is 307 g/mol. The SMILES string of the molecule is CNC(=O)c1sc2cnccc2c1NC(=O)OC(C)(C)C. The van der Waals surface area contributed by atoms with Crippen molar-refractivity contribution in [3.8, 4) is 0 Å². The third-order valence-electron chi connectivity index (χ3n) is 2.55. The summed E-state index contributed by atoms with van der Waals surface area (Å²) in [6.07, 6.45) is 2.68. The molecule has 0 fully saturated rings. The molecule has 0 aliphatic heterocycles. The van der Waals surface area contributed by atoms with Crippen molar-refractivity contribution in [3.05, 3.63) is 23.3 Å². The molecule has 6 nitrogen and oxygen atoms in total. The van der Waals surface area contributed by atoms with Gasteiger partial charge < -0.3 is 10.1 Å². The molecule has 0 saturated heterocycles. The van der Waals surface area contributed by atoms with Crippen LogP contribution in [0.3, 0.4) is 0 Å². The summed E-state index contributed by atoms with van der Waals surface area (Å²) in [7, 11) is 1.54. The van der Waals surface area contributed by atoms with E-state index in [1.165, 1.54) is 11.3 Å². The van der Waals surface area contributed by atoms with Crippen LogP contribution >= 0.6 is 11.3 Å². The van der Waals surface area contributed by atoms with E-state index in [1.807, 2.05) is 0 Å². The number of hydrogen-bond acceptors (Lipinski definition) is 5. The second kappa shape index (κ2) is 5.69. The minimum Gasteiger partial charge on any atom is -0.444 e. The molecule has 2 rings (SSSR count). The largest absolute Gasteiger partial charge is 0.444 e. The highest BCUT2D eigenvalue weighted by Gasteiger charge is 2.22. The molecule has 0 radical (unpaired) electrons. The van der Waals surface area contributed by atoms with E-state index < -0.39 is 11.7 Å². The normalized spacial score (nSPS) is 11.2. The van der Waals surface area contributed by atoms with Crippen molar-refractivity contribution in [1.82, 2.24) is 10.3 Å². The third kappa shape index (κ3) is 3.49. The molecule has 112 valence electrons. The van der Waals surface area contributed by atoms with Crippen molar-refractivity contribution in [3.63, 3.8) is 0 Å². The molecule has 2 aromatic rings. The van der Waals surface area contributed by atoms with Crippen molar-refractivity contribution in [1.29, 1.82) is 0 Å². The lowest BCUT2D eigenvalue weighted by Gasteiger charge is -2.19. The molecule has 2 N–H and O–H groups in total. The zero-order valence-corrected chi connectivity index (χ0v) is 13.1. The Morgan fingerprint density at radius 1 is 1.33 bits per heavy atom. The fourth-order valence-electron chi connectivity index (χ4n) is 1.75. The molecule has 0 spiro atoms. The lowest BCUT2D eigenvalue weighted by atomic mass is 10.2. The number of nitrogens with one attached hydrogen (secondary N) is 2. The topological polar surface area (TPSA) is 80.3 Å². The van der Waals surface area contributed by atoms with Gasteiger partial charge in [0.05, 0.1) is 10.4 Å². The van der Waals surface area contributed by atoms with E-state index in [9.17, 15) is 9.59 Å². The molecule has 0 bridgehead atoms. The number of ether oxygens (including phenoxy) is 1. The summed E-state index contributed by atoms with van der Waals surface area (Å²) < 4.78 is 6.06. The maximum atomic E-state index is 12.0. The first-order valence-corrected chi connectivity index (χ1v) is 7.22. The maximum Gasteiger partial charge on any atom is 0.412 e. The van der Waals surface area contributed by atoms with Gasteiger partial charge in [0.25, 0.3) is 5.91 Å². The Morgan fingerprint density at radius 2 is 2.05 bits per heavy atom. The van der Waals surface area contributed by atoms with Crippen LogP contribution in [0.4, 0.5) is 10.5 Å². The van der Waals surface area contributed by atoms with Crippen LogP contribution in [0.2, 0.25) is 0 Å². The van der Waals surface area contributed by atoms with E-state index in [2.05, 4.69) is 15.6 Å². The Hall–Kier alpha value is -2.15. The van der Waals surface area contributed by atoms with Gasteiger partial charge >= 0.3 is 6.09 Å². The van der Waals surface area contributed by atoms with Crippen LogP contribution in [-0.2, 0) is 4.74 Å². The molecule has 21 heavy (non-hydrogen) atoms. The van der Waals surface area contributed by atoms with Crippen LogP contribution in [0.25, 0.3) is 10.1 Å². The number of rotatable bonds is 2. The number of hydrogen-bond donors (Lipinski definition) is 2. The number of carbonyl (C=O) groups is 2. The van der Waals surface area contributed by atoms with Crippen LogP contribution in [-0.4, -0.2) is 29.6 Å². The van der Waals surface area contributed by atoms with Gasteiger partial charge in [0.1, 0.15) is 10.5 Å². The van der Waals surface area contributed by atoms with Gasteiger partial charge in [-0.15, -0.1) is 11.3 Å². The summed E-state index contributed by atoms with van der Waals surface area (Å²) in [5.41, 5.74) is -0.157. The van der Waals surface area contributed by atoms with Gasteiger partial charge in [-0.2, -0.15) is 0 Å². The van der Waals surface area contributed by atoms with E-state index in [0.717, 1.165) is 10.1 Å². The quantitative estimate of drug-likeness (QED) is 0.893. The van der Waals surface area contributed by atoms with Crippen LogP contribution in [0, 0.1) is 0 Å². The van der Waals surface area contributed by atoms with Crippen LogP contribution in [0.5, 0.6) is 0 Å². The summed E-state index contributed by atoms with van der Waals surface area (Å²) in [5, 5.41) is 5.99. The van der Waals surface area contributed by atoms with Gasteiger partial charge in [0.15, 0.2) is 0 Å². The molecule has 2 heterocycles. The number of pyridine rings is 1. The molecule has 7 heteroatoms. The molecule has 0 aliphatic carbocycles. The first kappa shape index (κ1) is 15.2. The Labute approximate surface area is 126 Å². The van der Waals surface area contributed by atoms with E-state index in [-0.39, 0.29) is 5.91 Å². The molecule has 0 atom stereocenters. The summed E-state index contributed by atoms with van der Waals surface area (Å²) >= 11 is 1.27. The summed E-state index contributed by atoms with van der Waals surface area (Å²) in [5.74, 6) is -0.262. The van der Waals surface area contributed by atoms with Crippen LogP contribution in [0.1, 0.15) is 30.4 Å². The summed E-state index contributed by atoms with van der Waals surface area (Å²) in [6, 6.07) is 1.75. The van der Waals surface area contributed by atoms with Crippen molar-refractivity contribution in [2.75, 3.05) is 12.4 Å². The lowest BCUT2D eigenvalue weighted by Crippen LogP contribution is -2.28.